The topological polar surface area (TPSA) is 77.5 Å². The van der Waals surface area contributed by atoms with Crippen LogP contribution in [0.5, 0.6) is 11.5 Å². The average molecular weight is 342 g/mol. The third-order valence-corrected chi connectivity index (χ3v) is 5.70. The first-order chi connectivity index (χ1) is 10.3. The van der Waals surface area contributed by atoms with Gasteiger partial charge in [0.25, 0.3) is 10.0 Å². The van der Waals surface area contributed by atoms with Gasteiger partial charge in [-0.1, -0.05) is 0 Å². The minimum atomic E-state index is -3.82. The highest BCUT2D eigenvalue weighted by atomic mass is 32.2. The molecule has 0 radical (unpaired) electrons. The van der Waals surface area contributed by atoms with E-state index in [9.17, 15) is 8.42 Å². The van der Waals surface area contributed by atoms with Gasteiger partial charge in [0.1, 0.15) is 16.4 Å². The van der Waals surface area contributed by atoms with E-state index in [2.05, 4.69) is 9.71 Å². The molecule has 1 heterocycles. The number of nitrogens with zero attached hydrogens (tertiary/aromatic N) is 1. The van der Waals surface area contributed by atoms with Crippen LogP contribution in [0, 0.1) is 20.8 Å². The Balaban J connectivity index is 2.48. The Morgan fingerprint density at radius 1 is 1.09 bits per heavy atom. The van der Waals surface area contributed by atoms with Crippen molar-refractivity contribution in [1.29, 1.82) is 0 Å². The zero-order valence-electron chi connectivity index (χ0n) is 13.1. The van der Waals surface area contributed by atoms with Crippen LogP contribution in [-0.2, 0) is 10.0 Å². The van der Waals surface area contributed by atoms with Crippen LogP contribution in [0.4, 0.5) is 5.13 Å². The molecule has 0 atom stereocenters. The molecule has 0 aliphatic rings. The zero-order valence-corrected chi connectivity index (χ0v) is 14.7. The summed E-state index contributed by atoms with van der Waals surface area (Å²) >= 11 is 1.29. The van der Waals surface area contributed by atoms with Crippen molar-refractivity contribution in [3.8, 4) is 11.5 Å². The molecule has 1 N–H and O–H groups in total. The lowest BCUT2D eigenvalue weighted by molar-refractivity contribution is 0.390. The molecule has 8 heteroatoms. The Kier molecular flexibility index (Phi) is 4.62. The van der Waals surface area contributed by atoms with Crippen LogP contribution < -0.4 is 14.2 Å². The first-order valence-electron chi connectivity index (χ1n) is 6.48. The lowest BCUT2D eigenvalue weighted by Gasteiger charge is -2.13. The van der Waals surface area contributed by atoms with Gasteiger partial charge >= 0.3 is 0 Å². The number of benzene rings is 1. The van der Waals surface area contributed by atoms with Gasteiger partial charge in [0.2, 0.25) is 0 Å². The largest absolute Gasteiger partial charge is 0.496 e. The van der Waals surface area contributed by atoms with Gasteiger partial charge < -0.3 is 9.47 Å². The molecule has 120 valence electrons. The third kappa shape index (κ3) is 3.17. The summed E-state index contributed by atoms with van der Waals surface area (Å²) in [6.45, 7) is 5.54. The van der Waals surface area contributed by atoms with Crippen molar-refractivity contribution in [3.63, 3.8) is 0 Å². The van der Waals surface area contributed by atoms with Crippen molar-refractivity contribution in [2.45, 2.75) is 25.7 Å². The Bertz CT molecular complexity index is 778. The first-order valence-corrected chi connectivity index (χ1v) is 8.78. The number of rotatable bonds is 5. The van der Waals surface area contributed by atoms with E-state index in [0.29, 0.717) is 10.9 Å². The Labute approximate surface area is 134 Å². The van der Waals surface area contributed by atoms with Gasteiger partial charge in [-0.15, -0.1) is 11.3 Å². The molecule has 0 amide bonds. The molecule has 0 saturated heterocycles. The highest BCUT2D eigenvalue weighted by Gasteiger charge is 2.23. The van der Waals surface area contributed by atoms with E-state index in [4.69, 9.17) is 9.47 Å². The van der Waals surface area contributed by atoms with Gasteiger partial charge in [0, 0.05) is 10.9 Å². The van der Waals surface area contributed by atoms with E-state index in [-0.39, 0.29) is 10.6 Å². The van der Waals surface area contributed by atoms with E-state index in [1.807, 2.05) is 20.8 Å². The molecule has 0 unspecified atom stereocenters. The van der Waals surface area contributed by atoms with Crippen LogP contribution in [0.3, 0.4) is 0 Å². The second-order valence-electron chi connectivity index (χ2n) is 4.74. The average Bonchev–Trinajstić information content (AvgIpc) is 2.75. The minimum absolute atomic E-state index is 0.0166. The fourth-order valence-corrected chi connectivity index (χ4v) is 4.14. The number of thiazole rings is 1. The Morgan fingerprint density at radius 2 is 1.73 bits per heavy atom. The molecule has 0 aliphatic carbocycles. The van der Waals surface area contributed by atoms with Crippen molar-refractivity contribution < 1.29 is 17.9 Å². The standard InChI is InChI=1S/C14H18N2O4S2/c1-8-6-12(20-5)13(7-11(8)19-4)22(17,18)16-14-15-9(2)10(3)21-14/h6-7H,1-5H3,(H,15,16). The third-order valence-electron chi connectivity index (χ3n) is 3.22. The molecule has 0 spiro atoms. The SMILES string of the molecule is COc1cc(S(=O)(=O)Nc2nc(C)c(C)s2)c(OC)cc1C. The van der Waals surface area contributed by atoms with Crippen molar-refractivity contribution in [3.05, 3.63) is 28.3 Å². The van der Waals surface area contributed by atoms with Crippen LogP contribution in [0.2, 0.25) is 0 Å². The summed E-state index contributed by atoms with van der Waals surface area (Å²) in [6.07, 6.45) is 0. The summed E-state index contributed by atoms with van der Waals surface area (Å²) < 4.78 is 38.1. The zero-order chi connectivity index (χ0) is 16.5. The lowest BCUT2D eigenvalue weighted by Crippen LogP contribution is -2.14. The van der Waals surface area contributed by atoms with E-state index in [0.717, 1.165) is 16.1 Å². The molecular weight excluding hydrogens is 324 g/mol. The molecule has 0 saturated carbocycles. The molecule has 1 aromatic heterocycles. The fraction of sp³-hybridized carbons (Fsp3) is 0.357. The highest BCUT2D eigenvalue weighted by Crippen LogP contribution is 2.33. The lowest BCUT2D eigenvalue weighted by atomic mass is 10.2. The summed E-state index contributed by atoms with van der Waals surface area (Å²) in [5.74, 6) is 0.739. The number of aryl methyl sites for hydroxylation is 3. The Hall–Kier alpha value is -1.80. The number of sulfonamides is 1. The first kappa shape index (κ1) is 16.6. The van der Waals surface area contributed by atoms with Gasteiger partial charge in [-0.05, 0) is 32.4 Å². The number of hydrogen-bond acceptors (Lipinski definition) is 6. The van der Waals surface area contributed by atoms with E-state index < -0.39 is 10.0 Å². The van der Waals surface area contributed by atoms with Crippen molar-refractivity contribution >= 4 is 26.5 Å². The van der Waals surface area contributed by atoms with Gasteiger partial charge in [0.05, 0.1) is 19.9 Å². The number of hydrogen-bond donors (Lipinski definition) is 1. The predicted molar refractivity (Wildman–Crippen MR) is 86.7 cm³/mol. The number of aromatic nitrogens is 1. The molecule has 2 aromatic rings. The summed E-state index contributed by atoms with van der Waals surface area (Å²) in [4.78, 5) is 5.17. The van der Waals surface area contributed by atoms with Gasteiger partial charge in [-0.3, -0.25) is 4.72 Å². The smallest absolute Gasteiger partial charge is 0.267 e. The second-order valence-corrected chi connectivity index (χ2v) is 7.59. The second kappa shape index (κ2) is 6.13. The molecule has 0 aliphatic heterocycles. The minimum Gasteiger partial charge on any atom is -0.496 e. The Morgan fingerprint density at radius 3 is 2.23 bits per heavy atom. The summed E-state index contributed by atoms with van der Waals surface area (Å²) in [5.41, 5.74) is 1.59. The molecule has 2 rings (SSSR count). The molecule has 0 fully saturated rings. The fourth-order valence-electron chi connectivity index (χ4n) is 1.92. The van der Waals surface area contributed by atoms with Crippen LogP contribution in [0.15, 0.2) is 17.0 Å². The molecule has 22 heavy (non-hydrogen) atoms. The number of nitrogens with one attached hydrogen (secondary N) is 1. The van der Waals surface area contributed by atoms with Crippen LogP contribution >= 0.6 is 11.3 Å². The van der Waals surface area contributed by atoms with Gasteiger partial charge in [0.15, 0.2) is 5.13 Å². The van der Waals surface area contributed by atoms with Crippen LogP contribution in [0.25, 0.3) is 0 Å². The number of anilines is 1. The summed E-state index contributed by atoms with van der Waals surface area (Å²) in [6, 6.07) is 3.08. The molecule has 1 aromatic carbocycles. The van der Waals surface area contributed by atoms with Crippen molar-refractivity contribution in [2.75, 3.05) is 18.9 Å². The summed E-state index contributed by atoms with van der Waals surface area (Å²) in [7, 11) is -0.895. The van der Waals surface area contributed by atoms with Crippen molar-refractivity contribution in [1.82, 2.24) is 4.98 Å². The highest BCUT2D eigenvalue weighted by molar-refractivity contribution is 7.93. The van der Waals surface area contributed by atoms with Crippen molar-refractivity contribution in [2.24, 2.45) is 0 Å². The van der Waals surface area contributed by atoms with Crippen LogP contribution in [-0.4, -0.2) is 27.6 Å². The maximum Gasteiger partial charge on any atom is 0.267 e. The number of ether oxygens (including phenoxy) is 2. The summed E-state index contributed by atoms with van der Waals surface area (Å²) in [5, 5.41) is 0.330. The van der Waals surface area contributed by atoms with Gasteiger partial charge in [-0.25, -0.2) is 13.4 Å². The van der Waals surface area contributed by atoms with E-state index in [1.165, 1.54) is 31.6 Å². The maximum absolute atomic E-state index is 12.6. The van der Waals surface area contributed by atoms with E-state index in [1.54, 1.807) is 6.07 Å². The number of methoxy groups -OCH3 is 2. The van der Waals surface area contributed by atoms with Crippen LogP contribution in [0.1, 0.15) is 16.1 Å². The molecular formula is C14H18N2O4S2. The maximum atomic E-state index is 12.6. The monoisotopic (exact) mass is 342 g/mol. The van der Waals surface area contributed by atoms with Gasteiger partial charge in [-0.2, -0.15) is 0 Å². The molecule has 6 nitrogen and oxygen atoms in total. The molecule has 0 bridgehead atoms. The normalized spacial score (nSPS) is 11.3. The quantitative estimate of drug-likeness (QED) is 0.904. The predicted octanol–water partition coefficient (Wildman–Crippen LogP) is 2.89. The van der Waals surface area contributed by atoms with E-state index >= 15 is 0 Å².